The molecule has 2 heterocycles. The first-order chi connectivity index (χ1) is 17.2. The van der Waals surface area contributed by atoms with Crippen LogP contribution in [0.2, 0.25) is 0 Å². The Bertz CT molecular complexity index is 1140. The number of rotatable bonds is 6. The summed E-state index contributed by atoms with van der Waals surface area (Å²) in [6, 6.07) is 2.77. The lowest BCUT2D eigenvalue weighted by Gasteiger charge is -2.39. The van der Waals surface area contributed by atoms with E-state index in [1.165, 1.54) is 0 Å². The zero-order valence-electron chi connectivity index (χ0n) is 21.2. The molecule has 2 N–H and O–H groups in total. The number of likely N-dealkylation sites (N-methyl/N-ethyl adjacent to an activating group) is 1. The zero-order valence-corrected chi connectivity index (χ0v) is 21.2. The summed E-state index contributed by atoms with van der Waals surface area (Å²) >= 11 is 0. The highest BCUT2D eigenvalue weighted by Gasteiger charge is 2.36. The number of halogens is 2. The maximum atomic E-state index is 13.7. The lowest BCUT2D eigenvalue weighted by molar-refractivity contribution is -0.140. The second-order valence-corrected chi connectivity index (χ2v) is 9.93. The summed E-state index contributed by atoms with van der Waals surface area (Å²) in [5.41, 5.74) is 0.774. The number of aromatic nitrogens is 1. The van der Waals surface area contributed by atoms with Gasteiger partial charge in [0.15, 0.2) is 11.6 Å². The Hall–Kier alpha value is -3.01. The minimum Gasteiger partial charge on any atom is -0.343 e. The Balaban J connectivity index is 1.44. The Labute approximate surface area is 210 Å². The quantitative estimate of drug-likeness (QED) is 0.634. The molecular formula is C26H35F2N5O3. The van der Waals surface area contributed by atoms with Gasteiger partial charge in [-0.2, -0.15) is 0 Å². The number of nitrogens with zero attached hydrogens (tertiary/aromatic N) is 3. The Morgan fingerprint density at radius 2 is 1.56 bits per heavy atom. The molecule has 1 aliphatic carbocycles. The fourth-order valence-corrected chi connectivity index (χ4v) is 5.28. The molecule has 196 valence electrons. The van der Waals surface area contributed by atoms with Crippen LogP contribution in [0.3, 0.4) is 0 Å². The summed E-state index contributed by atoms with van der Waals surface area (Å²) in [6.07, 6.45) is 5.06. The van der Waals surface area contributed by atoms with Gasteiger partial charge in [0.05, 0.1) is 11.6 Å². The second kappa shape index (κ2) is 10.9. The van der Waals surface area contributed by atoms with Crippen LogP contribution < -0.4 is 10.6 Å². The molecule has 36 heavy (non-hydrogen) atoms. The average molecular weight is 504 g/mol. The number of fused-ring (bicyclic) bond motifs is 1. The molecule has 0 spiro atoms. The van der Waals surface area contributed by atoms with Gasteiger partial charge in [-0.3, -0.25) is 14.4 Å². The van der Waals surface area contributed by atoms with E-state index in [2.05, 4.69) is 10.6 Å². The zero-order chi connectivity index (χ0) is 26.0. The summed E-state index contributed by atoms with van der Waals surface area (Å²) < 4.78 is 28.9. The third kappa shape index (κ3) is 5.23. The Morgan fingerprint density at radius 3 is 2.19 bits per heavy atom. The maximum absolute atomic E-state index is 13.7. The summed E-state index contributed by atoms with van der Waals surface area (Å²) in [5.74, 6) is -2.35. The molecule has 0 bridgehead atoms. The van der Waals surface area contributed by atoms with E-state index in [9.17, 15) is 23.2 Å². The summed E-state index contributed by atoms with van der Waals surface area (Å²) in [5, 5.41) is 6.36. The van der Waals surface area contributed by atoms with Crippen molar-refractivity contribution < 1.29 is 23.2 Å². The molecule has 10 heteroatoms. The van der Waals surface area contributed by atoms with Crippen LogP contribution in [0.25, 0.3) is 10.9 Å². The standard InChI is InChI=1S/C26H35F2N5O3/c1-16(29-2)24(34)30-23(17-7-5-4-6-8-17)26(36)33-11-9-32(10-12-33)25(35)22-14-18-13-19(27)20(28)15-21(18)31(22)3/h13-17,23,29H,4-12H2,1-3H3,(H,30,34)/t16-,23-/m0/s1. The van der Waals surface area contributed by atoms with E-state index in [1.54, 1.807) is 41.5 Å². The van der Waals surface area contributed by atoms with Gasteiger partial charge in [0.25, 0.3) is 5.91 Å². The molecule has 2 aliphatic rings. The van der Waals surface area contributed by atoms with Crippen LogP contribution in [0.5, 0.6) is 0 Å². The smallest absolute Gasteiger partial charge is 0.270 e. The number of benzene rings is 1. The number of nitrogens with one attached hydrogen (secondary N) is 2. The monoisotopic (exact) mass is 503 g/mol. The van der Waals surface area contributed by atoms with Crippen molar-refractivity contribution in [2.45, 2.75) is 51.1 Å². The molecule has 2 fully saturated rings. The summed E-state index contributed by atoms with van der Waals surface area (Å²) in [4.78, 5) is 42.8. The predicted octanol–water partition coefficient (Wildman–Crippen LogP) is 2.41. The summed E-state index contributed by atoms with van der Waals surface area (Å²) in [7, 11) is 3.36. The van der Waals surface area contributed by atoms with E-state index in [4.69, 9.17) is 0 Å². The van der Waals surface area contributed by atoms with Crippen molar-refractivity contribution in [3.8, 4) is 0 Å². The Morgan fingerprint density at radius 1 is 0.944 bits per heavy atom. The van der Waals surface area contributed by atoms with E-state index in [0.29, 0.717) is 42.8 Å². The number of carbonyl (C=O) groups is 3. The number of aryl methyl sites for hydroxylation is 1. The van der Waals surface area contributed by atoms with Crippen LogP contribution in [0.4, 0.5) is 8.78 Å². The minimum atomic E-state index is -0.960. The van der Waals surface area contributed by atoms with Crippen molar-refractivity contribution >= 4 is 28.6 Å². The van der Waals surface area contributed by atoms with Crippen LogP contribution in [0.15, 0.2) is 18.2 Å². The van der Waals surface area contributed by atoms with Crippen molar-refractivity contribution in [1.29, 1.82) is 0 Å². The molecule has 1 aromatic heterocycles. The minimum absolute atomic E-state index is 0.0961. The first-order valence-corrected chi connectivity index (χ1v) is 12.7. The number of hydrogen-bond donors (Lipinski definition) is 2. The van der Waals surface area contributed by atoms with Crippen molar-refractivity contribution in [3.63, 3.8) is 0 Å². The molecule has 1 aliphatic heterocycles. The van der Waals surface area contributed by atoms with Gasteiger partial charge >= 0.3 is 0 Å². The van der Waals surface area contributed by atoms with E-state index < -0.39 is 23.7 Å². The first kappa shape index (κ1) is 26.1. The normalized spacial score (nSPS) is 18.8. The van der Waals surface area contributed by atoms with Crippen molar-refractivity contribution in [3.05, 3.63) is 35.5 Å². The fraction of sp³-hybridized carbons (Fsp3) is 0.577. The molecule has 0 radical (unpaired) electrons. The predicted molar refractivity (Wildman–Crippen MR) is 132 cm³/mol. The van der Waals surface area contributed by atoms with Gasteiger partial charge in [-0.25, -0.2) is 8.78 Å². The van der Waals surface area contributed by atoms with Crippen LogP contribution in [-0.2, 0) is 16.6 Å². The molecule has 1 saturated carbocycles. The van der Waals surface area contributed by atoms with E-state index in [1.807, 2.05) is 0 Å². The lowest BCUT2D eigenvalue weighted by atomic mass is 9.83. The van der Waals surface area contributed by atoms with E-state index in [-0.39, 0.29) is 23.6 Å². The second-order valence-electron chi connectivity index (χ2n) is 9.93. The number of carbonyl (C=O) groups excluding carboxylic acids is 3. The molecule has 2 aromatic rings. The van der Waals surface area contributed by atoms with Crippen LogP contribution >= 0.6 is 0 Å². The topological polar surface area (TPSA) is 86.7 Å². The highest BCUT2D eigenvalue weighted by molar-refractivity contribution is 5.99. The largest absolute Gasteiger partial charge is 0.343 e. The van der Waals surface area contributed by atoms with Crippen LogP contribution in [0, 0.1) is 17.6 Å². The number of amides is 3. The van der Waals surface area contributed by atoms with Gasteiger partial charge in [-0.1, -0.05) is 19.3 Å². The summed E-state index contributed by atoms with van der Waals surface area (Å²) in [6.45, 7) is 3.16. The van der Waals surface area contributed by atoms with Gasteiger partial charge in [-0.05, 0) is 44.9 Å². The average Bonchev–Trinajstić information content (AvgIpc) is 3.21. The molecule has 2 atom stereocenters. The Kier molecular flexibility index (Phi) is 7.92. The van der Waals surface area contributed by atoms with E-state index in [0.717, 1.165) is 44.2 Å². The van der Waals surface area contributed by atoms with Crippen LogP contribution in [0.1, 0.15) is 49.5 Å². The molecule has 3 amide bonds. The van der Waals surface area contributed by atoms with Crippen molar-refractivity contribution in [2.24, 2.45) is 13.0 Å². The molecule has 0 unspecified atom stereocenters. The number of hydrogen-bond acceptors (Lipinski definition) is 4. The first-order valence-electron chi connectivity index (χ1n) is 12.7. The fourth-order valence-electron chi connectivity index (χ4n) is 5.28. The van der Waals surface area contributed by atoms with Crippen LogP contribution in [-0.4, -0.2) is 77.4 Å². The lowest BCUT2D eigenvalue weighted by Crippen LogP contribution is -2.59. The van der Waals surface area contributed by atoms with Gasteiger partial charge in [0.2, 0.25) is 11.8 Å². The molecule has 1 saturated heterocycles. The van der Waals surface area contributed by atoms with Crippen molar-refractivity contribution in [2.75, 3.05) is 33.2 Å². The SMILES string of the molecule is CN[C@@H](C)C(=O)N[C@H](C(=O)N1CCN(C(=O)c2cc3cc(F)c(F)cc3n2C)CC1)C1CCCCC1. The highest BCUT2D eigenvalue weighted by Crippen LogP contribution is 2.28. The van der Waals surface area contributed by atoms with Gasteiger partial charge in [0.1, 0.15) is 11.7 Å². The maximum Gasteiger partial charge on any atom is 0.270 e. The molecule has 4 rings (SSSR count). The molecule has 1 aromatic carbocycles. The third-order valence-corrected chi connectivity index (χ3v) is 7.69. The highest BCUT2D eigenvalue weighted by atomic mass is 19.2. The molecule has 8 nitrogen and oxygen atoms in total. The van der Waals surface area contributed by atoms with Gasteiger partial charge in [0, 0.05) is 44.7 Å². The third-order valence-electron chi connectivity index (χ3n) is 7.69. The van der Waals surface area contributed by atoms with Gasteiger partial charge < -0.3 is 25.0 Å². The van der Waals surface area contributed by atoms with E-state index >= 15 is 0 Å². The van der Waals surface area contributed by atoms with Crippen molar-refractivity contribution in [1.82, 2.24) is 25.0 Å². The molecular weight excluding hydrogens is 468 g/mol. The van der Waals surface area contributed by atoms with Gasteiger partial charge in [-0.15, -0.1) is 0 Å². The number of piperazine rings is 1.